The maximum atomic E-state index is 4.25. The topological polar surface area (TPSA) is 28.5 Å². The van der Waals surface area contributed by atoms with Crippen LogP contribution in [0.15, 0.2) is 41.7 Å². The highest BCUT2D eigenvalue weighted by Crippen LogP contribution is 2.03. The minimum absolute atomic E-state index is 0.729. The largest absolute Gasteiger partial charge is 0.352 e. The van der Waals surface area contributed by atoms with Crippen LogP contribution in [-0.4, -0.2) is 22.8 Å². The van der Waals surface area contributed by atoms with Crippen LogP contribution in [0.4, 0.5) is 0 Å². The number of aliphatic imine (C=N–C) groups is 1. The molecule has 13 heavy (non-hydrogen) atoms. The highest BCUT2D eigenvalue weighted by Gasteiger charge is 2.01. The SMILES string of the molecule is C1=CN(Cc2ccccn2)CN=C1. The Morgan fingerprint density at radius 1 is 1.38 bits per heavy atom. The maximum Gasteiger partial charge on any atom is 0.110 e. The van der Waals surface area contributed by atoms with Crippen molar-refractivity contribution in [2.45, 2.75) is 6.54 Å². The highest BCUT2D eigenvalue weighted by atomic mass is 15.2. The Hall–Kier alpha value is -1.64. The number of rotatable bonds is 2. The third-order valence-corrected chi connectivity index (χ3v) is 1.84. The van der Waals surface area contributed by atoms with E-state index in [4.69, 9.17) is 0 Å². The summed E-state index contributed by atoms with van der Waals surface area (Å²) in [7, 11) is 0. The van der Waals surface area contributed by atoms with E-state index in [0.717, 1.165) is 18.9 Å². The first-order chi connectivity index (χ1) is 6.45. The van der Waals surface area contributed by atoms with Gasteiger partial charge in [0.2, 0.25) is 0 Å². The second-order valence-electron chi connectivity index (χ2n) is 2.88. The predicted octanol–water partition coefficient (Wildman–Crippen LogP) is 1.44. The van der Waals surface area contributed by atoms with Gasteiger partial charge in [0.05, 0.1) is 12.2 Å². The Kier molecular flexibility index (Phi) is 2.36. The molecule has 0 fully saturated rings. The summed E-state index contributed by atoms with van der Waals surface area (Å²) in [5, 5.41) is 0. The smallest absolute Gasteiger partial charge is 0.110 e. The van der Waals surface area contributed by atoms with Crippen LogP contribution in [0.2, 0.25) is 0 Å². The van der Waals surface area contributed by atoms with E-state index in [0.29, 0.717) is 0 Å². The molecular formula is C10H11N3. The van der Waals surface area contributed by atoms with Gasteiger partial charge in [0.15, 0.2) is 0 Å². The first-order valence-corrected chi connectivity index (χ1v) is 4.26. The summed E-state index contributed by atoms with van der Waals surface area (Å²) in [5.41, 5.74) is 1.07. The van der Waals surface area contributed by atoms with E-state index in [2.05, 4.69) is 14.9 Å². The molecule has 0 radical (unpaired) electrons. The summed E-state index contributed by atoms with van der Waals surface area (Å²) in [6, 6.07) is 5.94. The Morgan fingerprint density at radius 3 is 3.08 bits per heavy atom. The van der Waals surface area contributed by atoms with Crippen LogP contribution in [0.5, 0.6) is 0 Å². The Bertz CT molecular complexity index is 316. The second-order valence-corrected chi connectivity index (χ2v) is 2.88. The van der Waals surface area contributed by atoms with E-state index >= 15 is 0 Å². The molecule has 0 amide bonds. The first-order valence-electron chi connectivity index (χ1n) is 4.26. The molecule has 66 valence electrons. The molecule has 0 atom stereocenters. The first kappa shape index (κ1) is 7.98. The van der Waals surface area contributed by atoms with Gasteiger partial charge in [-0.2, -0.15) is 0 Å². The number of nitrogens with zero attached hydrogens (tertiary/aromatic N) is 3. The van der Waals surface area contributed by atoms with Crippen LogP contribution >= 0.6 is 0 Å². The molecule has 1 aromatic rings. The molecule has 1 aromatic heterocycles. The lowest BCUT2D eigenvalue weighted by Gasteiger charge is -2.18. The van der Waals surface area contributed by atoms with Crippen LogP contribution in [-0.2, 0) is 6.54 Å². The van der Waals surface area contributed by atoms with Crippen molar-refractivity contribution in [3.63, 3.8) is 0 Å². The second kappa shape index (κ2) is 3.85. The quantitative estimate of drug-likeness (QED) is 0.677. The number of hydrogen-bond donors (Lipinski definition) is 0. The van der Waals surface area contributed by atoms with Crippen molar-refractivity contribution in [2.75, 3.05) is 6.67 Å². The molecule has 3 heteroatoms. The molecule has 3 nitrogen and oxygen atoms in total. The molecule has 0 aliphatic carbocycles. The van der Waals surface area contributed by atoms with Gasteiger partial charge in [0, 0.05) is 18.6 Å². The van der Waals surface area contributed by atoms with Crippen molar-refractivity contribution >= 4 is 6.21 Å². The van der Waals surface area contributed by atoms with Crippen LogP contribution < -0.4 is 0 Å². The van der Waals surface area contributed by atoms with Gasteiger partial charge in [-0.05, 0) is 18.2 Å². The lowest BCUT2D eigenvalue weighted by molar-refractivity contribution is 0.374. The van der Waals surface area contributed by atoms with Crippen molar-refractivity contribution in [2.24, 2.45) is 4.99 Å². The minimum atomic E-state index is 0.729. The molecule has 0 aromatic carbocycles. The number of allylic oxidation sites excluding steroid dienone is 1. The average molecular weight is 173 g/mol. The summed E-state index contributed by atoms with van der Waals surface area (Å²) >= 11 is 0. The van der Waals surface area contributed by atoms with Crippen LogP contribution in [0.3, 0.4) is 0 Å². The van der Waals surface area contributed by atoms with E-state index < -0.39 is 0 Å². The van der Waals surface area contributed by atoms with Crippen LogP contribution in [0.25, 0.3) is 0 Å². The molecule has 0 bridgehead atoms. The van der Waals surface area contributed by atoms with Gasteiger partial charge in [-0.25, -0.2) is 0 Å². The lowest BCUT2D eigenvalue weighted by atomic mass is 10.3. The molecule has 2 heterocycles. The molecule has 0 unspecified atom stereocenters. The average Bonchev–Trinajstić information content (AvgIpc) is 2.21. The minimum Gasteiger partial charge on any atom is -0.352 e. The van der Waals surface area contributed by atoms with Crippen LogP contribution in [0.1, 0.15) is 5.69 Å². The molecule has 0 N–H and O–H groups in total. The van der Waals surface area contributed by atoms with Crippen molar-refractivity contribution in [1.82, 2.24) is 9.88 Å². The Morgan fingerprint density at radius 2 is 2.38 bits per heavy atom. The van der Waals surface area contributed by atoms with E-state index in [9.17, 15) is 0 Å². The Balaban J connectivity index is 1.99. The fourth-order valence-corrected chi connectivity index (χ4v) is 1.22. The third-order valence-electron chi connectivity index (χ3n) is 1.84. The molecule has 2 rings (SSSR count). The van der Waals surface area contributed by atoms with Gasteiger partial charge in [-0.15, -0.1) is 0 Å². The fraction of sp³-hybridized carbons (Fsp3) is 0.200. The summed E-state index contributed by atoms with van der Waals surface area (Å²) in [6.07, 6.45) is 7.59. The highest BCUT2D eigenvalue weighted by molar-refractivity contribution is 5.71. The van der Waals surface area contributed by atoms with E-state index in [1.54, 1.807) is 0 Å². The molecule has 0 saturated heterocycles. The lowest BCUT2D eigenvalue weighted by Crippen LogP contribution is -2.19. The summed E-state index contributed by atoms with van der Waals surface area (Å²) in [4.78, 5) is 10.5. The van der Waals surface area contributed by atoms with Crippen molar-refractivity contribution in [1.29, 1.82) is 0 Å². The van der Waals surface area contributed by atoms with Gasteiger partial charge in [0.1, 0.15) is 6.67 Å². The predicted molar refractivity (Wildman–Crippen MR) is 52.3 cm³/mol. The van der Waals surface area contributed by atoms with Gasteiger partial charge in [0.25, 0.3) is 0 Å². The zero-order valence-electron chi connectivity index (χ0n) is 7.30. The molecule has 0 spiro atoms. The van der Waals surface area contributed by atoms with Gasteiger partial charge < -0.3 is 4.90 Å². The fourth-order valence-electron chi connectivity index (χ4n) is 1.22. The van der Waals surface area contributed by atoms with E-state index in [1.807, 2.05) is 42.9 Å². The van der Waals surface area contributed by atoms with Crippen molar-refractivity contribution < 1.29 is 0 Å². The van der Waals surface area contributed by atoms with Crippen LogP contribution in [0, 0.1) is 0 Å². The number of hydrogen-bond acceptors (Lipinski definition) is 3. The number of aromatic nitrogens is 1. The standard InChI is InChI=1S/C10H11N3/c1-2-6-12-10(4-1)8-13-7-3-5-11-9-13/h1-7H,8-9H2. The van der Waals surface area contributed by atoms with Gasteiger partial charge >= 0.3 is 0 Å². The molecular weight excluding hydrogens is 162 g/mol. The van der Waals surface area contributed by atoms with E-state index in [-0.39, 0.29) is 0 Å². The molecule has 0 saturated carbocycles. The van der Waals surface area contributed by atoms with Gasteiger partial charge in [-0.3, -0.25) is 9.98 Å². The normalized spacial score (nSPS) is 14.9. The van der Waals surface area contributed by atoms with E-state index in [1.165, 1.54) is 0 Å². The van der Waals surface area contributed by atoms with Gasteiger partial charge in [-0.1, -0.05) is 6.07 Å². The zero-order chi connectivity index (χ0) is 8.93. The summed E-state index contributed by atoms with van der Waals surface area (Å²) in [6.45, 7) is 1.56. The Labute approximate surface area is 77.4 Å². The third kappa shape index (κ3) is 2.15. The zero-order valence-corrected chi connectivity index (χ0v) is 7.30. The molecule has 1 aliphatic rings. The molecule has 1 aliphatic heterocycles. The van der Waals surface area contributed by atoms with Crippen molar-refractivity contribution in [3.8, 4) is 0 Å². The number of pyridine rings is 1. The van der Waals surface area contributed by atoms with Crippen molar-refractivity contribution in [3.05, 3.63) is 42.4 Å². The monoisotopic (exact) mass is 173 g/mol. The maximum absolute atomic E-state index is 4.25. The summed E-state index contributed by atoms with van der Waals surface area (Å²) in [5.74, 6) is 0. The summed E-state index contributed by atoms with van der Waals surface area (Å²) < 4.78 is 0.